The van der Waals surface area contributed by atoms with Crippen molar-refractivity contribution in [1.29, 1.82) is 0 Å². The van der Waals surface area contributed by atoms with Gasteiger partial charge in [0.15, 0.2) is 0 Å². The highest BCUT2D eigenvalue weighted by Crippen LogP contribution is 2.36. The third-order valence-corrected chi connectivity index (χ3v) is 6.20. The zero-order valence-corrected chi connectivity index (χ0v) is 16.2. The fraction of sp³-hybridized carbons (Fsp3) is 0.579. The van der Waals surface area contributed by atoms with Crippen molar-refractivity contribution in [2.75, 3.05) is 27.2 Å². The van der Waals surface area contributed by atoms with Crippen molar-refractivity contribution < 1.29 is 9.90 Å². The summed E-state index contributed by atoms with van der Waals surface area (Å²) in [5.41, 5.74) is 2.06. The van der Waals surface area contributed by atoms with Crippen molar-refractivity contribution in [2.45, 2.75) is 38.6 Å². The predicted octanol–water partition coefficient (Wildman–Crippen LogP) is 4.41. The smallest absolute Gasteiger partial charge is 0.407 e. The van der Waals surface area contributed by atoms with E-state index in [4.69, 9.17) is 4.98 Å². The second kappa shape index (κ2) is 7.30. The molecule has 1 aliphatic rings. The van der Waals surface area contributed by atoms with Gasteiger partial charge in [-0.3, -0.25) is 0 Å². The summed E-state index contributed by atoms with van der Waals surface area (Å²) in [7, 11) is 4.15. The number of thiazole rings is 1. The van der Waals surface area contributed by atoms with Crippen LogP contribution in [0.1, 0.15) is 49.2 Å². The van der Waals surface area contributed by atoms with Gasteiger partial charge in [-0.1, -0.05) is 19.9 Å². The molecule has 1 saturated heterocycles. The largest absolute Gasteiger partial charge is 0.465 e. The summed E-state index contributed by atoms with van der Waals surface area (Å²) in [6, 6.07) is 6.22. The van der Waals surface area contributed by atoms with Gasteiger partial charge < -0.3 is 14.9 Å². The number of fused-ring (bicyclic) bond motifs is 1. The fourth-order valence-corrected chi connectivity index (χ4v) is 4.71. The summed E-state index contributed by atoms with van der Waals surface area (Å²) in [6.45, 7) is 5.90. The van der Waals surface area contributed by atoms with E-state index in [-0.39, 0.29) is 6.04 Å². The second-order valence-corrected chi connectivity index (χ2v) is 8.64. The maximum absolute atomic E-state index is 11.7. The lowest BCUT2D eigenvalue weighted by Gasteiger charge is -2.37. The van der Waals surface area contributed by atoms with E-state index < -0.39 is 6.09 Å². The highest BCUT2D eigenvalue weighted by molar-refractivity contribution is 7.18. The first-order valence-electron chi connectivity index (χ1n) is 8.89. The molecule has 1 unspecified atom stereocenters. The van der Waals surface area contributed by atoms with Crippen LogP contribution in [0.3, 0.4) is 0 Å². The zero-order chi connectivity index (χ0) is 18.1. The Morgan fingerprint density at radius 2 is 2.20 bits per heavy atom. The molecule has 0 aliphatic carbocycles. The van der Waals surface area contributed by atoms with Crippen LogP contribution in [0, 0.1) is 5.92 Å². The summed E-state index contributed by atoms with van der Waals surface area (Å²) in [6.07, 6.45) is 1.12. The van der Waals surface area contributed by atoms with Gasteiger partial charge in [0.2, 0.25) is 0 Å². The lowest BCUT2D eigenvalue weighted by Crippen LogP contribution is -2.40. The molecule has 3 atom stereocenters. The van der Waals surface area contributed by atoms with Gasteiger partial charge in [-0.2, -0.15) is 0 Å². The predicted molar refractivity (Wildman–Crippen MR) is 102 cm³/mol. The van der Waals surface area contributed by atoms with Gasteiger partial charge in [0, 0.05) is 19.0 Å². The Bertz CT molecular complexity index is 758. The molecule has 1 amide bonds. The normalized spacial score (nSPS) is 22.5. The highest BCUT2D eigenvalue weighted by atomic mass is 32.1. The maximum atomic E-state index is 11.7. The third kappa shape index (κ3) is 3.96. The van der Waals surface area contributed by atoms with Crippen molar-refractivity contribution in [3.05, 3.63) is 28.8 Å². The van der Waals surface area contributed by atoms with E-state index in [2.05, 4.69) is 51.0 Å². The molecule has 0 spiro atoms. The fourth-order valence-electron chi connectivity index (χ4n) is 3.72. The van der Waals surface area contributed by atoms with Crippen LogP contribution in [0.5, 0.6) is 0 Å². The second-order valence-electron chi connectivity index (χ2n) is 7.58. The number of nitrogens with zero attached hydrogens (tertiary/aromatic N) is 3. The van der Waals surface area contributed by atoms with E-state index in [9.17, 15) is 9.90 Å². The van der Waals surface area contributed by atoms with Crippen molar-refractivity contribution in [3.63, 3.8) is 0 Å². The molecule has 136 valence electrons. The number of benzene rings is 1. The molecule has 6 heteroatoms. The number of likely N-dealkylation sites (tertiary alicyclic amines) is 1. The highest BCUT2D eigenvalue weighted by Gasteiger charge is 2.31. The Hall–Kier alpha value is -1.66. The average molecular weight is 362 g/mol. The van der Waals surface area contributed by atoms with Gasteiger partial charge >= 0.3 is 6.09 Å². The van der Waals surface area contributed by atoms with Crippen LogP contribution in [0.2, 0.25) is 0 Å². The summed E-state index contributed by atoms with van der Waals surface area (Å²) in [5.74, 6) is 0.815. The van der Waals surface area contributed by atoms with Crippen molar-refractivity contribution >= 4 is 27.6 Å². The number of carboxylic acid groups (broad SMARTS) is 1. The molecule has 5 nitrogen and oxygen atoms in total. The SMILES string of the molecule is CC(CN(C)C)c1nc2cc([C@H]3CC[C@H](C)CN3C(=O)O)ccc2s1. The van der Waals surface area contributed by atoms with Crippen molar-refractivity contribution in [1.82, 2.24) is 14.8 Å². The first-order chi connectivity index (χ1) is 11.8. The number of amides is 1. The summed E-state index contributed by atoms with van der Waals surface area (Å²) >= 11 is 1.74. The average Bonchev–Trinajstić information content (AvgIpc) is 2.97. The standard InChI is InChI=1S/C19H27N3O2S/c1-12-5-7-16(22(10-12)19(23)24)14-6-8-17-15(9-14)20-18(25-17)13(2)11-21(3)4/h6,8-9,12-13,16H,5,7,10-11H2,1-4H3,(H,23,24)/t12-,13?,16+/m0/s1. The lowest BCUT2D eigenvalue weighted by atomic mass is 9.90. The lowest BCUT2D eigenvalue weighted by molar-refractivity contribution is 0.0900. The Morgan fingerprint density at radius 3 is 2.88 bits per heavy atom. The van der Waals surface area contributed by atoms with Gasteiger partial charge in [0.25, 0.3) is 0 Å². The van der Waals surface area contributed by atoms with Crippen molar-refractivity contribution in [2.24, 2.45) is 5.92 Å². The van der Waals surface area contributed by atoms with Crippen LogP contribution >= 0.6 is 11.3 Å². The first-order valence-corrected chi connectivity index (χ1v) is 9.71. The molecule has 3 rings (SSSR count). The number of piperidine rings is 1. The van der Waals surface area contributed by atoms with Crippen LogP contribution in [-0.2, 0) is 0 Å². The topological polar surface area (TPSA) is 56.7 Å². The molecular formula is C19H27N3O2S. The number of likely N-dealkylation sites (N-methyl/N-ethyl adjacent to an activating group) is 1. The summed E-state index contributed by atoms with van der Waals surface area (Å²) < 4.78 is 1.18. The van der Waals surface area contributed by atoms with E-state index in [1.165, 1.54) is 4.70 Å². The van der Waals surface area contributed by atoms with Gasteiger partial charge in [0.1, 0.15) is 0 Å². The number of hydrogen-bond donors (Lipinski definition) is 1. The minimum Gasteiger partial charge on any atom is -0.465 e. The van der Waals surface area contributed by atoms with E-state index >= 15 is 0 Å². The monoisotopic (exact) mass is 361 g/mol. The molecule has 1 aromatic carbocycles. The summed E-state index contributed by atoms with van der Waals surface area (Å²) in [4.78, 5) is 20.3. The number of hydrogen-bond acceptors (Lipinski definition) is 4. The third-order valence-electron chi connectivity index (χ3n) is 4.94. The van der Waals surface area contributed by atoms with Gasteiger partial charge in [0.05, 0.1) is 21.3 Å². The zero-order valence-electron chi connectivity index (χ0n) is 15.4. The van der Waals surface area contributed by atoms with Crippen LogP contribution in [0.15, 0.2) is 18.2 Å². The molecular weight excluding hydrogens is 334 g/mol. The van der Waals surface area contributed by atoms with Crippen LogP contribution in [-0.4, -0.2) is 53.2 Å². The first kappa shape index (κ1) is 18.1. The molecule has 0 saturated carbocycles. The molecule has 1 aromatic heterocycles. The number of rotatable bonds is 4. The van der Waals surface area contributed by atoms with E-state index in [0.717, 1.165) is 35.5 Å². The van der Waals surface area contributed by atoms with E-state index in [1.807, 2.05) is 0 Å². The molecule has 0 bridgehead atoms. The molecule has 2 aromatic rings. The van der Waals surface area contributed by atoms with E-state index in [0.29, 0.717) is 18.4 Å². The quantitative estimate of drug-likeness (QED) is 0.876. The number of aromatic nitrogens is 1. The Morgan fingerprint density at radius 1 is 1.44 bits per heavy atom. The molecule has 1 fully saturated rings. The van der Waals surface area contributed by atoms with Crippen LogP contribution < -0.4 is 0 Å². The van der Waals surface area contributed by atoms with Crippen LogP contribution in [0.4, 0.5) is 4.79 Å². The van der Waals surface area contributed by atoms with Gasteiger partial charge in [-0.25, -0.2) is 9.78 Å². The number of carbonyl (C=O) groups is 1. The maximum Gasteiger partial charge on any atom is 0.407 e. The summed E-state index contributed by atoms with van der Waals surface area (Å²) in [5, 5.41) is 10.7. The van der Waals surface area contributed by atoms with Crippen LogP contribution in [0.25, 0.3) is 10.2 Å². The molecule has 1 aliphatic heterocycles. The Labute approximate surface area is 153 Å². The van der Waals surface area contributed by atoms with Gasteiger partial charge in [-0.05, 0) is 50.6 Å². The van der Waals surface area contributed by atoms with E-state index in [1.54, 1.807) is 16.2 Å². The molecule has 2 heterocycles. The minimum atomic E-state index is -0.824. The molecule has 1 N–H and O–H groups in total. The van der Waals surface area contributed by atoms with Crippen molar-refractivity contribution in [3.8, 4) is 0 Å². The minimum absolute atomic E-state index is 0.0533. The molecule has 25 heavy (non-hydrogen) atoms. The Kier molecular flexibility index (Phi) is 5.29. The molecule has 0 radical (unpaired) electrons. The Balaban J connectivity index is 1.89. The van der Waals surface area contributed by atoms with Gasteiger partial charge in [-0.15, -0.1) is 11.3 Å².